The highest BCUT2D eigenvalue weighted by Gasteiger charge is 2.31. The molecule has 0 radical (unpaired) electrons. The van der Waals surface area contributed by atoms with Crippen molar-refractivity contribution in [1.82, 2.24) is 0 Å². The number of quaternary nitrogens is 1. The smallest absolute Gasteiger partial charge is 0.322 e. The number of carbonyl (C=O) groups is 2. The minimum absolute atomic E-state index is 0.0133. The monoisotopic (exact) mass is 158 g/mol. The van der Waals surface area contributed by atoms with E-state index in [0.29, 0.717) is 13.0 Å². The van der Waals surface area contributed by atoms with E-state index in [1.807, 2.05) is 5.32 Å². The average Bonchev–Trinajstić information content (AvgIpc) is 2.04. The predicted molar refractivity (Wildman–Crippen MR) is 36.8 cm³/mol. The van der Waals surface area contributed by atoms with Crippen molar-refractivity contribution in [3.8, 4) is 0 Å². The van der Waals surface area contributed by atoms with Crippen LogP contribution in [0.15, 0.2) is 0 Å². The van der Waals surface area contributed by atoms with Crippen molar-refractivity contribution in [2.75, 3.05) is 20.2 Å². The number of piperidine rings is 1. The van der Waals surface area contributed by atoms with Gasteiger partial charge in [-0.25, -0.2) is 0 Å². The number of hydrogen-bond acceptors (Lipinski definition) is 3. The van der Waals surface area contributed by atoms with Crippen LogP contribution in [0.4, 0.5) is 0 Å². The van der Waals surface area contributed by atoms with Crippen LogP contribution in [0.1, 0.15) is 6.42 Å². The largest absolute Gasteiger partial charge is 0.468 e. The van der Waals surface area contributed by atoms with Gasteiger partial charge in [0.2, 0.25) is 0 Å². The van der Waals surface area contributed by atoms with Crippen LogP contribution in [-0.2, 0) is 14.3 Å². The molecule has 0 aromatic carbocycles. The fraction of sp³-hybridized carbons (Fsp3) is 0.714. The molecule has 1 heterocycles. The number of Topliss-reactive ketones (excluding diaryl/α,β-unsaturated/α-hetero) is 1. The molecule has 2 N–H and O–H groups in total. The number of rotatable bonds is 1. The van der Waals surface area contributed by atoms with Crippen molar-refractivity contribution in [3.05, 3.63) is 0 Å². The van der Waals surface area contributed by atoms with Crippen molar-refractivity contribution in [2.45, 2.75) is 6.42 Å². The van der Waals surface area contributed by atoms with E-state index in [0.717, 1.165) is 6.54 Å². The van der Waals surface area contributed by atoms with E-state index in [2.05, 4.69) is 4.74 Å². The van der Waals surface area contributed by atoms with Gasteiger partial charge in [0.15, 0.2) is 11.7 Å². The first-order valence-corrected chi connectivity index (χ1v) is 3.68. The molecule has 1 rings (SSSR count). The van der Waals surface area contributed by atoms with Crippen LogP contribution in [0.5, 0.6) is 0 Å². The maximum Gasteiger partial charge on any atom is 0.322 e. The molecule has 0 aliphatic carbocycles. The lowest BCUT2D eigenvalue weighted by atomic mass is 9.98. The molecule has 0 saturated carbocycles. The van der Waals surface area contributed by atoms with Crippen LogP contribution >= 0.6 is 0 Å². The van der Waals surface area contributed by atoms with Crippen molar-refractivity contribution >= 4 is 11.8 Å². The number of nitrogens with two attached hydrogens (primary N) is 1. The molecule has 11 heavy (non-hydrogen) atoms. The van der Waals surface area contributed by atoms with Crippen LogP contribution in [0, 0.1) is 5.92 Å². The molecule has 4 nitrogen and oxygen atoms in total. The van der Waals surface area contributed by atoms with Crippen molar-refractivity contribution in [3.63, 3.8) is 0 Å². The summed E-state index contributed by atoms with van der Waals surface area (Å²) >= 11 is 0. The van der Waals surface area contributed by atoms with Gasteiger partial charge < -0.3 is 10.1 Å². The summed E-state index contributed by atoms with van der Waals surface area (Å²) in [4.78, 5) is 22.0. The summed E-state index contributed by atoms with van der Waals surface area (Å²) in [6, 6.07) is 0. The number of carbonyl (C=O) groups excluding carboxylic acids is 2. The topological polar surface area (TPSA) is 60.0 Å². The minimum atomic E-state index is -0.520. The summed E-state index contributed by atoms with van der Waals surface area (Å²) < 4.78 is 4.48. The first-order chi connectivity index (χ1) is 5.25. The molecule has 0 amide bonds. The molecule has 0 unspecified atom stereocenters. The molecular weight excluding hydrogens is 146 g/mol. The van der Waals surface area contributed by atoms with Crippen LogP contribution < -0.4 is 5.32 Å². The fourth-order valence-electron chi connectivity index (χ4n) is 1.20. The van der Waals surface area contributed by atoms with Gasteiger partial charge in [-0.05, 0) is 0 Å². The summed E-state index contributed by atoms with van der Waals surface area (Å²) in [5, 5.41) is 1.96. The lowest BCUT2D eigenvalue weighted by Crippen LogP contribution is -2.88. The Morgan fingerprint density at radius 3 is 3.00 bits per heavy atom. The van der Waals surface area contributed by atoms with Crippen molar-refractivity contribution in [2.24, 2.45) is 5.92 Å². The zero-order valence-corrected chi connectivity index (χ0v) is 6.50. The second-order valence-corrected chi connectivity index (χ2v) is 2.61. The van der Waals surface area contributed by atoms with E-state index in [1.54, 1.807) is 0 Å². The number of esters is 1. The molecule has 1 saturated heterocycles. The SMILES string of the molecule is COC(=O)[C@H]1C[NH2+]CCC1=O. The second-order valence-electron chi connectivity index (χ2n) is 2.61. The Morgan fingerprint density at radius 2 is 2.45 bits per heavy atom. The third-order valence-corrected chi connectivity index (χ3v) is 1.87. The quantitative estimate of drug-likeness (QED) is 0.366. The summed E-state index contributed by atoms with van der Waals surface area (Å²) in [5.74, 6) is -0.904. The Labute approximate surface area is 64.9 Å². The van der Waals surface area contributed by atoms with Crippen molar-refractivity contribution in [1.29, 1.82) is 0 Å². The molecule has 0 spiro atoms. The zero-order valence-electron chi connectivity index (χ0n) is 6.50. The Hall–Kier alpha value is -0.900. The molecule has 1 fully saturated rings. The lowest BCUT2D eigenvalue weighted by Gasteiger charge is -2.16. The average molecular weight is 158 g/mol. The van der Waals surface area contributed by atoms with Gasteiger partial charge in [-0.1, -0.05) is 0 Å². The molecular formula is C7H12NO3+. The maximum absolute atomic E-state index is 11.1. The summed E-state index contributed by atoms with van der Waals surface area (Å²) in [5.41, 5.74) is 0. The van der Waals surface area contributed by atoms with Gasteiger partial charge >= 0.3 is 5.97 Å². The van der Waals surface area contributed by atoms with Crippen LogP contribution in [-0.4, -0.2) is 32.0 Å². The molecule has 0 bridgehead atoms. The molecule has 4 heteroatoms. The molecule has 0 aromatic rings. The number of hydrogen-bond donors (Lipinski definition) is 1. The van der Waals surface area contributed by atoms with Crippen LogP contribution in [0.2, 0.25) is 0 Å². The van der Waals surface area contributed by atoms with Gasteiger partial charge in [0.1, 0.15) is 0 Å². The number of ketones is 1. The molecule has 62 valence electrons. The second kappa shape index (κ2) is 3.48. The van der Waals surface area contributed by atoms with E-state index in [4.69, 9.17) is 0 Å². The normalized spacial score (nSPS) is 24.8. The minimum Gasteiger partial charge on any atom is -0.468 e. The summed E-state index contributed by atoms with van der Waals surface area (Å²) in [6.07, 6.45) is 0.486. The van der Waals surface area contributed by atoms with E-state index in [9.17, 15) is 9.59 Å². The van der Waals surface area contributed by atoms with Gasteiger partial charge in [-0.2, -0.15) is 0 Å². The van der Waals surface area contributed by atoms with Gasteiger partial charge in [-0.15, -0.1) is 0 Å². The fourth-order valence-corrected chi connectivity index (χ4v) is 1.20. The molecule has 1 aliphatic heterocycles. The molecule has 1 atom stereocenters. The van der Waals surface area contributed by atoms with Crippen LogP contribution in [0.25, 0.3) is 0 Å². The number of ether oxygens (including phenoxy) is 1. The highest BCUT2D eigenvalue weighted by atomic mass is 16.5. The third-order valence-electron chi connectivity index (χ3n) is 1.87. The van der Waals surface area contributed by atoms with Crippen LogP contribution in [0.3, 0.4) is 0 Å². The van der Waals surface area contributed by atoms with Gasteiger partial charge in [0, 0.05) is 0 Å². The summed E-state index contributed by atoms with van der Waals surface area (Å²) in [6.45, 7) is 1.35. The highest BCUT2D eigenvalue weighted by molar-refractivity contribution is 5.99. The number of methoxy groups -OCH3 is 1. The Bertz CT molecular complexity index is 171. The van der Waals surface area contributed by atoms with E-state index in [-0.39, 0.29) is 5.78 Å². The standard InChI is InChI=1S/C7H11NO3/c1-11-7(10)5-4-8-3-2-6(5)9/h5,8H,2-4H2,1H3/p+1/t5-/m0/s1. The highest BCUT2D eigenvalue weighted by Crippen LogP contribution is 2.03. The Kier molecular flexibility index (Phi) is 2.59. The zero-order chi connectivity index (χ0) is 8.27. The van der Waals surface area contributed by atoms with E-state index < -0.39 is 11.9 Å². The molecule has 0 aromatic heterocycles. The van der Waals surface area contributed by atoms with Gasteiger partial charge in [0.05, 0.1) is 26.6 Å². The van der Waals surface area contributed by atoms with E-state index in [1.165, 1.54) is 7.11 Å². The first kappa shape index (κ1) is 8.20. The molecule has 1 aliphatic rings. The first-order valence-electron chi connectivity index (χ1n) is 3.68. The summed E-state index contributed by atoms with van der Waals surface area (Å²) in [7, 11) is 1.31. The predicted octanol–water partition coefficient (Wildman–Crippen LogP) is -1.69. The Balaban J connectivity index is 2.54. The van der Waals surface area contributed by atoms with E-state index >= 15 is 0 Å². The lowest BCUT2D eigenvalue weighted by molar-refractivity contribution is -0.660. The van der Waals surface area contributed by atoms with Crippen molar-refractivity contribution < 1.29 is 19.6 Å². The maximum atomic E-state index is 11.1. The Morgan fingerprint density at radius 1 is 1.73 bits per heavy atom. The third kappa shape index (κ3) is 1.77. The van der Waals surface area contributed by atoms with Gasteiger partial charge in [-0.3, -0.25) is 9.59 Å². The van der Waals surface area contributed by atoms with Gasteiger partial charge in [0.25, 0.3) is 0 Å².